The van der Waals surface area contributed by atoms with Gasteiger partial charge in [-0.15, -0.1) is 0 Å². The summed E-state index contributed by atoms with van der Waals surface area (Å²) in [6, 6.07) is 14.4. The highest BCUT2D eigenvalue weighted by atomic mass is 16.2. The van der Waals surface area contributed by atoms with Crippen molar-refractivity contribution in [1.29, 1.82) is 0 Å². The van der Waals surface area contributed by atoms with Crippen LogP contribution in [0.2, 0.25) is 0 Å². The number of nitrogens with zero attached hydrogens (tertiary/aromatic N) is 4. The average molecular weight is 448 g/mol. The molecule has 0 spiro atoms. The van der Waals surface area contributed by atoms with Gasteiger partial charge in [0, 0.05) is 64.6 Å². The first-order chi connectivity index (χ1) is 15.9. The number of hydrogen-bond acceptors (Lipinski definition) is 5. The summed E-state index contributed by atoms with van der Waals surface area (Å²) in [4.78, 5) is 40.1. The van der Waals surface area contributed by atoms with E-state index < -0.39 is 0 Å². The topological polar surface area (TPSA) is 81.3 Å². The van der Waals surface area contributed by atoms with Crippen molar-refractivity contribution in [1.82, 2.24) is 18.6 Å². The van der Waals surface area contributed by atoms with Crippen molar-refractivity contribution < 1.29 is 0 Å². The molecule has 172 valence electrons. The molecule has 2 bridgehead atoms. The van der Waals surface area contributed by atoms with Gasteiger partial charge < -0.3 is 14.5 Å². The normalized spacial score (nSPS) is 19.8. The number of aromatic nitrogens is 3. The lowest BCUT2D eigenvalue weighted by Gasteiger charge is -2.43. The molecule has 0 aliphatic carbocycles. The lowest BCUT2D eigenvalue weighted by Crippen LogP contribution is -2.47. The zero-order chi connectivity index (χ0) is 23.1. The third-order valence-electron chi connectivity index (χ3n) is 6.92. The number of rotatable bonds is 5. The van der Waals surface area contributed by atoms with Gasteiger partial charge in [0.2, 0.25) is 0 Å². The molecule has 33 heavy (non-hydrogen) atoms. The van der Waals surface area contributed by atoms with E-state index in [1.807, 2.05) is 16.7 Å². The van der Waals surface area contributed by atoms with E-state index in [-0.39, 0.29) is 23.4 Å². The summed E-state index contributed by atoms with van der Waals surface area (Å²) in [6.07, 6.45) is 2.64. The Kier molecular flexibility index (Phi) is 5.54. The fourth-order valence-corrected chi connectivity index (χ4v) is 5.34. The lowest BCUT2D eigenvalue weighted by atomic mass is 9.83. The van der Waals surface area contributed by atoms with Crippen LogP contribution >= 0.6 is 0 Å². The Balaban J connectivity index is 1.35. The third-order valence-corrected chi connectivity index (χ3v) is 6.92. The molecule has 0 radical (unpaired) electrons. The molecule has 1 aromatic carbocycles. The standard InChI is InChI=1S/C25H29N5O3/c1-27-15-20(23(31)28(2)25(27)33)11-26-21-8-9-22-19-10-18(14-30(22)24(21)32)13-29(16-19)12-17-6-4-3-5-7-17/h3-9,15,18-19,26H,10-14,16H2,1-2H3/t18-,19+/m1/s1. The smallest absolute Gasteiger partial charge is 0.330 e. The molecule has 1 N–H and O–H groups in total. The largest absolute Gasteiger partial charge is 0.376 e. The summed E-state index contributed by atoms with van der Waals surface area (Å²) in [5, 5.41) is 3.13. The van der Waals surface area contributed by atoms with Crippen LogP contribution in [0.4, 0.5) is 5.69 Å². The number of fused-ring (bicyclic) bond motifs is 4. The molecule has 2 aliphatic rings. The predicted octanol–water partition coefficient (Wildman–Crippen LogP) is 1.48. The van der Waals surface area contributed by atoms with Crippen molar-refractivity contribution >= 4 is 5.69 Å². The third kappa shape index (κ3) is 4.06. The van der Waals surface area contributed by atoms with E-state index in [1.165, 1.54) is 23.4 Å². The molecule has 2 aliphatic heterocycles. The van der Waals surface area contributed by atoms with Gasteiger partial charge in [-0.2, -0.15) is 0 Å². The second-order valence-corrected chi connectivity index (χ2v) is 9.33. The zero-order valence-corrected chi connectivity index (χ0v) is 19.0. The minimum atomic E-state index is -0.370. The van der Waals surface area contributed by atoms with E-state index >= 15 is 0 Å². The quantitative estimate of drug-likeness (QED) is 0.641. The molecule has 0 amide bonds. The zero-order valence-electron chi connectivity index (χ0n) is 19.0. The monoisotopic (exact) mass is 447 g/mol. The molecule has 1 saturated heterocycles. The highest BCUT2D eigenvalue weighted by Gasteiger charge is 2.34. The second kappa shape index (κ2) is 8.51. The van der Waals surface area contributed by atoms with Crippen LogP contribution in [0.25, 0.3) is 0 Å². The first-order valence-electron chi connectivity index (χ1n) is 11.4. The van der Waals surface area contributed by atoms with Gasteiger partial charge in [0.05, 0.1) is 5.56 Å². The van der Waals surface area contributed by atoms with Crippen LogP contribution in [0.5, 0.6) is 0 Å². The number of pyridine rings is 1. The minimum absolute atomic E-state index is 0.0413. The van der Waals surface area contributed by atoms with Crippen LogP contribution in [0.3, 0.4) is 0 Å². The number of likely N-dealkylation sites (tertiary alicyclic amines) is 1. The van der Waals surface area contributed by atoms with Crippen molar-refractivity contribution in [2.45, 2.75) is 32.0 Å². The van der Waals surface area contributed by atoms with Crippen molar-refractivity contribution in [2.24, 2.45) is 20.0 Å². The van der Waals surface area contributed by atoms with E-state index in [2.05, 4.69) is 40.5 Å². The molecule has 8 heteroatoms. The fourth-order valence-electron chi connectivity index (χ4n) is 5.34. The van der Waals surface area contributed by atoms with Crippen LogP contribution < -0.4 is 22.1 Å². The maximum Gasteiger partial charge on any atom is 0.330 e. The van der Waals surface area contributed by atoms with E-state index in [4.69, 9.17) is 0 Å². The molecule has 0 unspecified atom stereocenters. The highest BCUT2D eigenvalue weighted by Crippen LogP contribution is 2.36. The minimum Gasteiger partial charge on any atom is -0.376 e. The number of hydrogen-bond donors (Lipinski definition) is 1. The first kappa shape index (κ1) is 21.5. The van der Waals surface area contributed by atoms with E-state index in [9.17, 15) is 14.4 Å². The van der Waals surface area contributed by atoms with Crippen molar-refractivity contribution in [3.8, 4) is 0 Å². The van der Waals surface area contributed by atoms with Crippen molar-refractivity contribution in [2.75, 3.05) is 18.4 Å². The number of piperidine rings is 1. The van der Waals surface area contributed by atoms with Gasteiger partial charge in [-0.05, 0) is 30.0 Å². The van der Waals surface area contributed by atoms with Crippen LogP contribution in [-0.2, 0) is 33.7 Å². The fraction of sp³-hybridized carbons (Fsp3) is 0.400. The molecule has 8 nitrogen and oxygen atoms in total. The van der Waals surface area contributed by atoms with Crippen molar-refractivity contribution in [3.05, 3.63) is 96.7 Å². The molecule has 4 heterocycles. The van der Waals surface area contributed by atoms with Gasteiger partial charge in [0.15, 0.2) is 0 Å². The Morgan fingerprint density at radius 2 is 1.73 bits per heavy atom. The molecule has 2 aromatic heterocycles. The van der Waals surface area contributed by atoms with Gasteiger partial charge in [-0.3, -0.25) is 19.1 Å². The van der Waals surface area contributed by atoms with E-state index in [1.54, 1.807) is 7.05 Å². The molecular weight excluding hydrogens is 418 g/mol. The van der Waals surface area contributed by atoms with E-state index in [0.717, 1.165) is 36.3 Å². The summed E-state index contributed by atoms with van der Waals surface area (Å²) < 4.78 is 4.37. The van der Waals surface area contributed by atoms with Gasteiger partial charge >= 0.3 is 5.69 Å². The van der Waals surface area contributed by atoms with E-state index in [0.29, 0.717) is 29.6 Å². The van der Waals surface area contributed by atoms with Gasteiger partial charge in [0.1, 0.15) is 5.69 Å². The van der Waals surface area contributed by atoms with Crippen molar-refractivity contribution in [3.63, 3.8) is 0 Å². The van der Waals surface area contributed by atoms with Crippen LogP contribution in [0.15, 0.2) is 63.0 Å². The SMILES string of the molecule is Cn1cc(CNc2ccc3n(c2=O)C[C@@H]2C[C@H]3CN(Cc3ccccc3)C2)c(=O)n(C)c1=O. The predicted molar refractivity (Wildman–Crippen MR) is 128 cm³/mol. The summed E-state index contributed by atoms with van der Waals surface area (Å²) in [5.74, 6) is 0.794. The van der Waals surface area contributed by atoms with Gasteiger partial charge in [-0.25, -0.2) is 4.79 Å². The average Bonchev–Trinajstić information content (AvgIpc) is 2.81. The lowest BCUT2D eigenvalue weighted by molar-refractivity contribution is 0.114. The highest BCUT2D eigenvalue weighted by molar-refractivity contribution is 5.43. The second-order valence-electron chi connectivity index (χ2n) is 9.33. The molecule has 3 aromatic rings. The number of nitrogens with one attached hydrogen (secondary N) is 1. The Labute approximate surface area is 191 Å². The van der Waals surface area contributed by atoms with Gasteiger partial charge in [0.25, 0.3) is 11.1 Å². The summed E-state index contributed by atoms with van der Waals surface area (Å²) in [5.41, 5.74) is 2.57. The number of benzene rings is 1. The molecule has 1 fully saturated rings. The molecular formula is C25H29N5O3. The number of aryl methyl sites for hydroxylation is 1. The summed E-state index contributed by atoms with van der Waals surface area (Å²) in [6.45, 7) is 3.78. The van der Waals surface area contributed by atoms with Gasteiger partial charge in [-0.1, -0.05) is 30.3 Å². The Bertz CT molecular complexity index is 1360. The first-order valence-corrected chi connectivity index (χ1v) is 11.4. The maximum atomic E-state index is 13.3. The molecule has 2 atom stereocenters. The molecule has 0 saturated carbocycles. The van der Waals surface area contributed by atoms with Crippen LogP contribution in [0, 0.1) is 5.92 Å². The Morgan fingerprint density at radius 1 is 0.939 bits per heavy atom. The molecule has 5 rings (SSSR count). The maximum absolute atomic E-state index is 13.3. The van der Waals surface area contributed by atoms with Crippen LogP contribution in [-0.4, -0.2) is 31.7 Å². The Hall–Kier alpha value is -3.39. The number of anilines is 1. The summed E-state index contributed by atoms with van der Waals surface area (Å²) >= 11 is 0. The van der Waals surface area contributed by atoms with Crippen LogP contribution in [0.1, 0.15) is 29.2 Å². The summed E-state index contributed by atoms with van der Waals surface area (Å²) in [7, 11) is 3.07. The Morgan fingerprint density at radius 3 is 2.52 bits per heavy atom.